The molecule has 172 valence electrons. The fourth-order valence-corrected chi connectivity index (χ4v) is 4.29. The summed E-state index contributed by atoms with van der Waals surface area (Å²) in [7, 11) is 0. The molecular formula is C25H26N2O6. The Hall–Kier alpha value is -3.52. The molecule has 0 spiro atoms. The molecule has 2 aromatic carbocycles. The van der Waals surface area contributed by atoms with Crippen molar-refractivity contribution >= 4 is 34.9 Å². The van der Waals surface area contributed by atoms with Crippen LogP contribution in [0.4, 0.5) is 11.4 Å². The molecule has 2 aromatic rings. The third-order valence-corrected chi connectivity index (χ3v) is 6.27. The Bertz CT molecular complexity index is 1070. The summed E-state index contributed by atoms with van der Waals surface area (Å²) in [5.74, 6) is -2.48. The van der Waals surface area contributed by atoms with E-state index < -0.39 is 23.4 Å². The highest BCUT2D eigenvalue weighted by atomic mass is 16.6. The van der Waals surface area contributed by atoms with Crippen molar-refractivity contribution < 1.29 is 29.0 Å². The van der Waals surface area contributed by atoms with Crippen LogP contribution in [-0.2, 0) is 30.3 Å². The largest absolute Gasteiger partial charge is 0.463 e. The zero-order valence-corrected chi connectivity index (χ0v) is 18.4. The second kappa shape index (κ2) is 9.15. The maximum absolute atomic E-state index is 12.7. The molecule has 2 saturated heterocycles. The van der Waals surface area contributed by atoms with Crippen molar-refractivity contribution in [3.05, 3.63) is 60.2 Å². The number of anilines is 2. The van der Waals surface area contributed by atoms with Crippen LogP contribution in [0.25, 0.3) is 0 Å². The highest BCUT2D eigenvalue weighted by Gasteiger charge is 2.53. The SMILES string of the molecule is CC(=O)C1CCN(c2ccc(CCOC(=O)[C@]3(O)CCN(c4ccccc4)C3=O)cc2)C1=O. The van der Waals surface area contributed by atoms with Gasteiger partial charge in [-0.1, -0.05) is 30.3 Å². The van der Waals surface area contributed by atoms with Crippen LogP contribution in [0.2, 0.25) is 0 Å². The van der Waals surface area contributed by atoms with Crippen molar-refractivity contribution in [1.29, 1.82) is 0 Å². The molecule has 2 atom stereocenters. The summed E-state index contributed by atoms with van der Waals surface area (Å²) in [5, 5.41) is 10.7. The summed E-state index contributed by atoms with van der Waals surface area (Å²) < 4.78 is 5.24. The molecule has 2 fully saturated rings. The Morgan fingerprint density at radius 3 is 2.30 bits per heavy atom. The average molecular weight is 450 g/mol. The molecule has 0 radical (unpaired) electrons. The Kier molecular flexibility index (Phi) is 6.29. The smallest absolute Gasteiger partial charge is 0.348 e. The molecule has 0 bridgehead atoms. The number of amides is 2. The Morgan fingerprint density at radius 1 is 1.00 bits per heavy atom. The number of carbonyl (C=O) groups is 4. The van der Waals surface area contributed by atoms with Gasteiger partial charge in [-0.3, -0.25) is 14.4 Å². The zero-order chi connectivity index (χ0) is 23.6. The minimum Gasteiger partial charge on any atom is -0.463 e. The molecule has 8 nitrogen and oxygen atoms in total. The third-order valence-electron chi connectivity index (χ3n) is 6.27. The van der Waals surface area contributed by atoms with Gasteiger partial charge in [0, 0.05) is 37.3 Å². The van der Waals surface area contributed by atoms with E-state index in [1.54, 1.807) is 41.3 Å². The van der Waals surface area contributed by atoms with Gasteiger partial charge in [-0.05, 0) is 43.2 Å². The molecule has 0 aromatic heterocycles. The predicted octanol–water partition coefficient (Wildman–Crippen LogP) is 1.88. The Balaban J connectivity index is 1.31. The van der Waals surface area contributed by atoms with Crippen LogP contribution in [0.15, 0.2) is 54.6 Å². The quantitative estimate of drug-likeness (QED) is 0.510. The maximum Gasteiger partial charge on any atom is 0.348 e. The van der Waals surface area contributed by atoms with Gasteiger partial charge in [-0.2, -0.15) is 0 Å². The van der Waals surface area contributed by atoms with Gasteiger partial charge in [0.15, 0.2) is 0 Å². The first-order valence-electron chi connectivity index (χ1n) is 11.0. The molecule has 0 aliphatic carbocycles. The van der Waals surface area contributed by atoms with E-state index in [2.05, 4.69) is 0 Å². The van der Waals surface area contributed by atoms with Gasteiger partial charge in [0.1, 0.15) is 5.78 Å². The second-order valence-corrected chi connectivity index (χ2v) is 8.40. The highest BCUT2D eigenvalue weighted by molar-refractivity contribution is 6.14. The van der Waals surface area contributed by atoms with Crippen molar-refractivity contribution in [2.75, 3.05) is 29.5 Å². The van der Waals surface area contributed by atoms with E-state index in [1.807, 2.05) is 18.2 Å². The van der Waals surface area contributed by atoms with Crippen molar-refractivity contribution in [2.45, 2.75) is 31.8 Å². The van der Waals surface area contributed by atoms with Crippen LogP contribution < -0.4 is 9.80 Å². The summed E-state index contributed by atoms with van der Waals surface area (Å²) >= 11 is 0. The lowest BCUT2D eigenvalue weighted by Gasteiger charge is -2.21. The van der Waals surface area contributed by atoms with E-state index >= 15 is 0 Å². The standard InChI is InChI=1S/C25H26N2O6/c1-17(28)21-11-14-26(22(21)29)20-9-7-18(8-10-20)12-16-33-24(31)25(32)13-15-27(23(25)30)19-5-3-2-4-6-19/h2-10,21,32H,11-16H2,1H3/t21?,25-/m0/s1. The summed E-state index contributed by atoms with van der Waals surface area (Å²) in [6, 6.07) is 16.1. The molecule has 2 aliphatic rings. The van der Waals surface area contributed by atoms with E-state index in [1.165, 1.54) is 11.8 Å². The number of aliphatic hydroxyl groups is 1. The molecule has 2 amide bonds. The Morgan fingerprint density at radius 2 is 1.67 bits per heavy atom. The van der Waals surface area contributed by atoms with Gasteiger partial charge in [-0.25, -0.2) is 4.79 Å². The van der Waals surface area contributed by atoms with Gasteiger partial charge in [0.05, 0.1) is 12.5 Å². The number of ether oxygens (including phenoxy) is 1. The Labute approximate surface area is 191 Å². The number of hydrogen-bond acceptors (Lipinski definition) is 6. The number of benzene rings is 2. The van der Waals surface area contributed by atoms with Gasteiger partial charge in [-0.15, -0.1) is 0 Å². The van der Waals surface area contributed by atoms with Crippen LogP contribution in [0.5, 0.6) is 0 Å². The molecule has 2 aliphatic heterocycles. The van der Waals surface area contributed by atoms with E-state index in [9.17, 15) is 24.3 Å². The number of Topliss-reactive ketones (excluding diaryl/α,β-unsaturated/α-hetero) is 1. The number of esters is 1. The summed E-state index contributed by atoms with van der Waals surface area (Å²) in [5.41, 5.74) is 0.0361. The molecule has 4 rings (SSSR count). The van der Waals surface area contributed by atoms with E-state index in [-0.39, 0.29) is 31.3 Å². The average Bonchev–Trinajstić information content (AvgIpc) is 3.35. The number of ketones is 1. The van der Waals surface area contributed by atoms with E-state index in [4.69, 9.17) is 4.74 Å². The fraction of sp³-hybridized carbons (Fsp3) is 0.360. The third kappa shape index (κ3) is 4.39. The van der Waals surface area contributed by atoms with Gasteiger partial charge in [0.25, 0.3) is 5.91 Å². The van der Waals surface area contributed by atoms with Crippen molar-refractivity contribution in [3.63, 3.8) is 0 Å². The van der Waals surface area contributed by atoms with Crippen molar-refractivity contribution in [1.82, 2.24) is 0 Å². The topological polar surface area (TPSA) is 104 Å². The maximum atomic E-state index is 12.7. The van der Waals surface area contributed by atoms with Crippen LogP contribution in [0, 0.1) is 5.92 Å². The summed E-state index contributed by atoms with van der Waals surface area (Å²) in [6.07, 6.45) is 0.886. The summed E-state index contributed by atoms with van der Waals surface area (Å²) in [6.45, 7) is 2.18. The molecule has 2 heterocycles. The fourth-order valence-electron chi connectivity index (χ4n) is 4.29. The first-order chi connectivity index (χ1) is 15.8. The normalized spacial score (nSPS) is 22.7. The van der Waals surface area contributed by atoms with Gasteiger partial charge < -0.3 is 19.6 Å². The first kappa shape index (κ1) is 22.7. The number of para-hydroxylation sites is 1. The van der Waals surface area contributed by atoms with Crippen LogP contribution >= 0.6 is 0 Å². The molecule has 1 unspecified atom stereocenters. The second-order valence-electron chi connectivity index (χ2n) is 8.40. The van der Waals surface area contributed by atoms with Gasteiger partial charge in [0.2, 0.25) is 11.5 Å². The number of rotatable bonds is 7. The number of carbonyl (C=O) groups excluding carboxylic acids is 4. The van der Waals surface area contributed by atoms with Crippen LogP contribution in [-0.4, -0.2) is 54.0 Å². The van der Waals surface area contributed by atoms with Crippen LogP contribution in [0.3, 0.4) is 0 Å². The van der Waals surface area contributed by atoms with Gasteiger partial charge >= 0.3 is 5.97 Å². The lowest BCUT2D eigenvalue weighted by molar-refractivity contribution is -0.168. The van der Waals surface area contributed by atoms with Crippen molar-refractivity contribution in [3.8, 4) is 0 Å². The molecule has 33 heavy (non-hydrogen) atoms. The highest BCUT2D eigenvalue weighted by Crippen LogP contribution is 2.29. The lowest BCUT2D eigenvalue weighted by atomic mass is 10.0. The lowest BCUT2D eigenvalue weighted by Crippen LogP contribution is -2.48. The minimum atomic E-state index is -2.18. The zero-order valence-electron chi connectivity index (χ0n) is 18.4. The van der Waals surface area contributed by atoms with E-state index in [0.29, 0.717) is 25.1 Å². The molecule has 8 heteroatoms. The molecular weight excluding hydrogens is 424 g/mol. The number of hydrogen-bond donors (Lipinski definition) is 1. The van der Waals surface area contributed by atoms with Crippen molar-refractivity contribution in [2.24, 2.45) is 5.92 Å². The first-order valence-corrected chi connectivity index (χ1v) is 11.0. The van der Waals surface area contributed by atoms with E-state index in [0.717, 1.165) is 11.3 Å². The molecule has 0 saturated carbocycles. The predicted molar refractivity (Wildman–Crippen MR) is 121 cm³/mol. The monoisotopic (exact) mass is 450 g/mol. The summed E-state index contributed by atoms with van der Waals surface area (Å²) in [4.78, 5) is 52.1. The minimum absolute atomic E-state index is 0.00810. The van der Waals surface area contributed by atoms with Crippen LogP contribution in [0.1, 0.15) is 25.3 Å². The number of nitrogens with zero attached hydrogens (tertiary/aromatic N) is 2. The molecule has 1 N–H and O–H groups in total.